The summed E-state index contributed by atoms with van der Waals surface area (Å²) in [5.41, 5.74) is 0.454. The number of rotatable bonds is 5. The van der Waals surface area contributed by atoms with E-state index >= 15 is 0 Å². The van der Waals surface area contributed by atoms with Gasteiger partial charge in [-0.1, -0.05) is 37.8 Å². The molecular formula is C15H21F2N. The maximum atomic E-state index is 13.7. The van der Waals surface area contributed by atoms with E-state index in [-0.39, 0.29) is 6.04 Å². The van der Waals surface area contributed by atoms with Gasteiger partial charge in [0.15, 0.2) is 11.6 Å². The van der Waals surface area contributed by atoms with Gasteiger partial charge in [-0.15, -0.1) is 0 Å². The normalized spacial score (nSPS) is 18.2. The quantitative estimate of drug-likeness (QED) is 0.829. The van der Waals surface area contributed by atoms with E-state index in [9.17, 15) is 8.78 Å². The van der Waals surface area contributed by atoms with E-state index in [1.807, 2.05) is 7.05 Å². The van der Waals surface area contributed by atoms with Gasteiger partial charge in [-0.2, -0.15) is 0 Å². The first kappa shape index (κ1) is 13.5. The highest BCUT2D eigenvalue weighted by molar-refractivity contribution is 5.22. The number of benzene rings is 1. The molecule has 100 valence electrons. The number of halogens is 2. The van der Waals surface area contributed by atoms with Crippen molar-refractivity contribution in [2.24, 2.45) is 5.92 Å². The van der Waals surface area contributed by atoms with Crippen molar-refractivity contribution in [3.63, 3.8) is 0 Å². The first-order valence-electron chi connectivity index (χ1n) is 6.83. The van der Waals surface area contributed by atoms with Crippen molar-refractivity contribution in [1.82, 2.24) is 5.32 Å². The van der Waals surface area contributed by atoms with E-state index in [4.69, 9.17) is 0 Å². The van der Waals surface area contributed by atoms with Crippen LogP contribution in [0.5, 0.6) is 0 Å². The molecule has 3 heteroatoms. The summed E-state index contributed by atoms with van der Waals surface area (Å²) in [7, 11) is 1.81. The van der Waals surface area contributed by atoms with Gasteiger partial charge >= 0.3 is 0 Å². The monoisotopic (exact) mass is 253 g/mol. The zero-order valence-corrected chi connectivity index (χ0v) is 10.9. The molecule has 2 rings (SSSR count). The minimum Gasteiger partial charge on any atom is -0.313 e. The topological polar surface area (TPSA) is 12.0 Å². The molecule has 1 N–H and O–H groups in total. The van der Waals surface area contributed by atoms with Crippen LogP contribution in [0.1, 0.15) is 50.1 Å². The predicted octanol–water partition coefficient (Wildman–Crippen LogP) is 4.20. The van der Waals surface area contributed by atoms with Crippen LogP contribution in [0.15, 0.2) is 18.2 Å². The fourth-order valence-corrected chi connectivity index (χ4v) is 2.95. The number of hydrogen-bond donors (Lipinski definition) is 1. The smallest absolute Gasteiger partial charge is 0.163 e. The molecule has 0 aliphatic heterocycles. The maximum Gasteiger partial charge on any atom is 0.163 e. The van der Waals surface area contributed by atoms with Gasteiger partial charge in [0.05, 0.1) is 0 Å². The van der Waals surface area contributed by atoms with E-state index in [0.717, 1.165) is 18.8 Å². The van der Waals surface area contributed by atoms with Gasteiger partial charge < -0.3 is 5.32 Å². The summed E-state index contributed by atoms with van der Waals surface area (Å²) >= 11 is 0. The number of hydrogen-bond acceptors (Lipinski definition) is 1. The molecule has 1 aliphatic carbocycles. The molecule has 1 nitrogen and oxygen atoms in total. The van der Waals surface area contributed by atoms with Crippen LogP contribution in [0, 0.1) is 17.6 Å². The van der Waals surface area contributed by atoms with Crippen LogP contribution in [-0.2, 0) is 0 Å². The van der Waals surface area contributed by atoms with Gasteiger partial charge in [-0.3, -0.25) is 0 Å². The second-order valence-electron chi connectivity index (χ2n) is 5.21. The van der Waals surface area contributed by atoms with Gasteiger partial charge in [0.2, 0.25) is 0 Å². The standard InChI is InChI=1S/C15H21F2N/c1-18-14(10-9-11-5-2-3-6-11)12-7-4-8-13(16)15(12)17/h4,7-8,11,14,18H,2-3,5-6,9-10H2,1H3. The molecular weight excluding hydrogens is 232 g/mol. The highest BCUT2D eigenvalue weighted by atomic mass is 19.2. The summed E-state index contributed by atoms with van der Waals surface area (Å²) in [6.07, 6.45) is 7.21. The first-order valence-corrected chi connectivity index (χ1v) is 6.83. The van der Waals surface area contributed by atoms with Gasteiger partial charge in [0, 0.05) is 11.6 Å². The molecule has 1 saturated carbocycles. The second-order valence-corrected chi connectivity index (χ2v) is 5.21. The third-order valence-corrected chi connectivity index (χ3v) is 4.04. The Bertz CT molecular complexity index is 386. The molecule has 0 radical (unpaired) electrons. The Morgan fingerprint density at radius 2 is 2.00 bits per heavy atom. The summed E-state index contributed by atoms with van der Waals surface area (Å²) in [4.78, 5) is 0. The van der Waals surface area contributed by atoms with Crippen LogP contribution in [0.3, 0.4) is 0 Å². The Labute approximate surface area is 108 Å². The Hall–Kier alpha value is -0.960. The lowest BCUT2D eigenvalue weighted by molar-refractivity contribution is 0.410. The van der Waals surface area contributed by atoms with Crippen LogP contribution in [0.4, 0.5) is 8.78 Å². The summed E-state index contributed by atoms with van der Waals surface area (Å²) < 4.78 is 26.9. The van der Waals surface area contributed by atoms with Crippen molar-refractivity contribution in [2.45, 2.75) is 44.6 Å². The van der Waals surface area contributed by atoms with Gasteiger partial charge in [0.25, 0.3) is 0 Å². The van der Waals surface area contributed by atoms with Crippen molar-refractivity contribution >= 4 is 0 Å². The molecule has 0 heterocycles. The largest absolute Gasteiger partial charge is 0.313 e. The predicted molar refractivity (Wildman–Crippen MR) is 69.4 cm³/mol. The summed E-state index contributed by atoms with van der Waals surface area (Å²) in [6, 6.07) is 4.34. The molecule has 0 spiro atoms. The van der Waals surface area contributed by atoms with E-state index < -0.39 is 11.6 Å². The van der Waals surface area contributed by atoms with Crippen molar-refractivity contribution in [1.29, 1.82) is 0 Å². The van der Waals surface area contributed by atoms with E-state index in [0.29, 0.717) is 5.56 Å². The summed E-state index contributed by atoms with van der Waals surface area (Å²) in [5.74, 6) is -0.686. The molecule has 1 unspecified atom stereocenters. The Morgan fingerprint density at radius 1 is 1.28 bits per heavy atom. The van der Waals surface area contributed by atoms with Crippen LogP contribution in [0.2, 0.25) is 0 Å². The molecule has 1 fully saturated rings. The lowest BCUT2D eigenvalue weighted by Crippen LogP contribution is -2.19. The lowest BCUT2D eigenvalue weighted by Gasteiger charge is -2.19. The molecule has 1 atom stereocenters. The van der Waals surface area contributed by atoms with Crippen molar-refractivity contribution in [3.8, 4) is 0 Å². The minimum atomic E-state index is -0.756. The molecule has 1 aromatic carbocycles. The van der Waals surface area contributed by atoms with Crippen molar-refractivity contribution < 1.29 is 8.78 Å². The van der Waals surface area contributed by atoms with Crippen LogP contribution < -0.4 is 5.32 Å². The van der Waals surface area contributed by atoms with Crippen molar-refractivity contribution in [3.05, 3.63) is 35.4 Å². The maximum absolute atomic E-state index is 13.7. The molecule has 0 amide bonds. The van der Waals surface area contributed by atoms with Crippen LogP contribution in [0.25, 0.3) is 0 Å². The first-order chi connectivity index (χ1) is 8.72. The van der Waals surface area contributed by atoms with E-state index in [1.165, 1.54) is 31.7 Å². The Morgan fingerprint density at radius 3 is 2.67 bits per heavy atom. The summed E-state index contributed by atoms with van der Waals surface area (Å²) in [5, 5.41) is 3.10. The molecule has 1 aliphatic rings. The highest BCUT2D eigenvalue weighted by Gasteiger charge is 2.20. The molecule has 0 aromatic heterocycles. The van der Waals surface area contributed by atoms with Gasteiger partial charge in [-0.05, 0) is 31.9 Å². The Kier molecular flexibility index (Phi) is 4.70. The van der Waals surface area contributed by atoms with Crippen LogP contribution >= 0.6 is 0 Å². The third-order valence-electron chi connectivity index (χ3n) is 4.04. The SMILES string of the molecule is CNC(CCC1CCCC1)c1cccc(F)c1F. The third kappa shape index (κ3) is 3.08. The molecule has 18 heavy (non-hydrogen) atoms. The average molecular weight is 253 g/mol. The van der Waals surface area contributed by atoms with Crippen LogP contribution in [-0.4, -0.2) is 7.05 Å². The van der Waals surface area contributed by atoms with Crippen molar-refractivity contribution in [2.75, 3.05) is 7.05 Å². The molecule has 0 bridgehead atoms. The minimum absolute atomic E-state index is 0.0821. The highest BCUT2D eigenvalue weighted by Crippen LogP contribution is 2.32. The van der Waals surface area contributed by atoms with E-state index in [1.54, 1.807) is 12.1 Å². The average Bonchev–Trinajstić information content (AvgIpc) is 2.88. The fourth-order valence-electron chi connectivity index (χ4n) is 2.95. The molecule has 1 aromatic rings. The lowest BCUT2D eigenvalue weighted by atomic mass is 9.94. The zero-order chi connectivity index (χ0) is 13.0. The second kappa shape index (κ2) is 6.28. The zero-order valence-electron chi connectivity index (χ0n) is 10.9. The summed E-state index contributed by atoms with van der Waals surface area (Å²) in [6.45, 7) is 0. The van der Waals surface area contributed by atoms with Gasteiger partial charge in [-0.25, -0.2) is 8.78 Å². The molecule has 0 saturated heterocycles. The fraction of sp³-hybridized carbons (Fsp3) is 0.600. The number of nitrogens with one attached hydrogen (secondary N) is 1. The van der Waals surface area contributed by atoms with Gasteiger partial charge in [0.1, 0.15) is 0 Å². The van der Waals surface area contributed by atoms with E-state index in [2.05, 4.69) is 5.32 Å². The Balaban J connectivity index is 2.00.